The Labute approximate surface area is 131 Å². The molecule has 1 saturated carbocycles. The van der Waals surface area contributed by atoms with E-state index in [1.54, 1.807) is 18.7 Å². The maximum Gasteiger partial charge on any atom is 0.321 e. The molecule has 2 fully saturated rings. The predicted octanol–water partition coefficient (Wildman–Crippen LogP) is 0.416. The fourth-order valence-corrected chi connectivity index (χ4v) is 4.66. The number of carbonyl (C=O) groups is 2. The molecule has 0 aromatic rings. The van der Waals surface area contributed by atoms with Crippen LogP contribution < -0.4 is 4.72 Å². The summed E-state index contributed by atoms with van der Waals surface area (Å²) in [5.74, 6) is -1.44. The van der Waals surface area contributed by atoms with Crippen molar-refractivity contribution < 1.29 is 23.1 Å². The molecule has 2 rings (SSSR count). The average molecular weight is 332 g/mol. The van der Waals surface area contributed by atoms with Crippen LogP contribution in [0.1, 0.15) is 39.5 Å². The molecule has 0 bridgehead atoms. The van der Waals surface area contributed by atoms with Crippen LogP contribution in [0.5, 0.6) is 0 Å². The molecule has 22 heavy (non-hydrogen) atoms. The number of hydrogen-bond donors (Lipinski definition) is 2. The molecule has 0 spiro atoms. The van der Waals surface area contributed by atoms with Gasteiger partial charge in [-0.25, -0.2) is 13.1 Å². The zero-order valence-corrected chi connectivity index (χ0v) is 13.8. The van der Waals surface area contributed by atoms with Gasteiger partial charge in [-0.15, -0.1) is 0 Å². The Morgan fingerprint density at radius 1 is 1.18 bits per heavy atom. The molecule has 1 atom stereocenters. The molecule has 1 amide bonds. The minimum atomic E-state index is -3.73. The second kappa shape index (κ2) is 6.54. The largest absolute Gasteiger partial charge is 0.480 e. The van der Waals surface area contributed by atoms with Crippen LogP contribution in [0.2, 0.25) is 0 Å². The van der Waals surface area contributed by atoms with Crippen LogP contribution in [0, 0.1) is 11.8 Å². The van der Waals surface area contributed by atoms with E-state index < -0.39 is 27.3 Å². The first-order chi connectivity index (χ1) is 10.2. The lowest BCUT2D eigenvalue weighted by Gasteiger charge is -2.40. The van der Waals surface area contributed by atoms with Gasteiger partial charge in [0.1, 0.15) is 11.3 Å². The van der Waals surface area contributed by atoms with E-state index in [0.717, 1.165) is 25.7 Å². The number of amides is 1. The van der Waals surface area contributed by atoms with Crippen LogP contribution in [0.15, 0.2) is 0 Å². The lowest BCUT2D eigenvalue weighted by Crippen LogP contribution is -2.62. The third-order valence-electron chi connectivity index (χ3n) is 4.53. The molecule has 1 aliphatic carbocycles. The number of rotatable bonds is 6. The van der Waals surface area contributed by atoms with E-state index >= 15 is 0 Å². The Hall–Kier alpha value is -1.15. The number of nitrogens with zero attached hydrogens (tertiary/aromatic N) is 1. The number of carbonyl (C=O) groups excluding carboxylic acids is 1. The second-order valence-electron chi connectivity index (χ2n) is 6.57. The Balaban J connectivity index is 1.90. The van der Waals surface area contributed by atoms with Gasteiger partial charge < -0.3 is 10.0 Å². The highest BCUT2D eigenvalue weighted by Gasteiger charge is 2.43. The highest BCUT2D eigenvalue weighted by molar-refractivity contribution is 7.90. The van der Waals surface area contributed by atoms with Gasteiger partial charge in [0.05, 0.1) is 0 Å². The van der Waals surface area contributed by atoms with Crippen molar-refractivity contribution in [1.82, 2.24) is 9.62 Å². The number of likely N-dealkylation sites (tertiary alicyclic amines) is 1. The SMILES string of the molecule is CC(C)[C@@H](NS(=O)(=O)C1CN(C(=O)C2CCCC2)C1)C(=O)O. The first-order valence-corrected chi connectivity index (χ1v) is 9.29. The van der Waals surface area contributed by atoms with Gasteiger partial charge in [0, 0.05) is 19.0 Å². The van der Waals surface area contributed by atoms with Crippen molar-refractivity contribution in [3.05, 3.63) is 0 Å². The van der Waals surface area contributed by atoms with Crippen molar-refractivity contribution in [3.63, 3.8) is 0 Å². The van der Waals surface area contributed by atoms with E-state index in [-0.39, 0.29) is 30.8 Å². The standard InChI is InChI=1S/C14H24N2O5S/c1-9(2)12(14(18)19)15-22(20,21)11-7-16(8-11)13(17)10-5-3-4-6-10/h9-12,15H,3-8H2,1-2H3,(H,18,19)/t12-/m1/s1. The zero-order valence-electron chi connectivity index (χ0n) is 13.0. The summed E-state index contributed by atoms with van der Waals surface area (Å²) in [4.78, 5) is 24.8. The lowest BCUT2D eigenvalue weighted by molar-refractivity contribution is -0.140. The third-order valence-corrected chi connectivity index (χ3v) is 6.29. The molecule has 126 valence electrons. The highest BCUT2D eigenvalue weighted by Crippen LogP contribution is 2.29. The first-order valence-electron chi connectivity index (χ1n) is 7.75. The summed E-state index contributed by atoms with van der Waals surface area (Å²) < 4.78 is 26.7. The van der Waals surface area contributed by atoms with Gasteiger partial charge >= 0.3 is 5.97 Å². The number of sulfonamides is 1. The van der Waals surface area contributed by atoms with Gasteiger partial charge in [-0.2, -0.15) is 0 Å². The van der Waals surface area contributed by atoms with Gasteiger partial charge in [0.2, 0.25) is 15.9 Å². The quantitative estimate of drug-likeness (QED) is 0.733. The van der Waals surface area contributed by atoms with E-state index in [1.807, 2.05) is 0 Å². The monoisotopic (exact) mass is 332 g/mol. The smallest absolute Gasteiger partial charge is 0.321 e. The molecule has 1 saturated heterocycles. The summed E-state index contributed by atoms with van der Waals surface area (Å²) in [6.45, 7) is 3.63. The third kappa shape index (κ3) is 3.60. The summed E-state index contributed by atoms with van der Waals surface area (Å²) in [5, 5.41) is 8.36. The molecule has 0 unspecified atom stereocenters. The number of aliphatic carboxylic acids is 1. The van der Waals surface area contributed by atoms with E-state index in [1.165, 1.54) is 0 Å². The number of nitrogens with one attached hydrogen (secondary N) is 1. The van der Waals surface area contributed by atoms with Gasteiger partial charge in [0.15, 0.2) is 0 Å². The molecule has 0 aromatic heterocycles. The fraction of sp³-hybridized carbons (Fsp3) is 0.857. The topological polar surface area (TPSA) is 104 Å². The molecule has 8 heteroatoms. The van der Waals surface area contributed by atoms with E-state index in [2.05, 4.69) is 4.72 Å². The minimum absolute atomic E-state index is 0.0408. The van der Waals surface area contributed by atoms with Crippen LogP contribution >= 0.6 is 0 Å². The van der Waals surface area contributed by atoms with Crippen molar-refractivity contribution in [3.8, 4) is 0 Å². The van der Waals surface area contributed by atoms with Crippen LogP contribution in [0.25, 0.3) is 0 Å². The number of carboxylic acids is 1. The number of carboxylic acid groups (broad SMARTS) is 1. The molecule has 2 aliphatic rings. The normalized spacial score (nSPS) is 21.9. The molecular formula is C14H24N2O5S. The van der Waals surface area contributed by atoms with Crippen LogP contribution in [-0.2, 0) is 19.6 Å². The van der Waals surface area contributed by atoms with Crippen molar-refractivity contribution in [2.75, 3.05) is 13.1 Å². The molecule has 0 aromatic carbocycles. The van der Waals surface area contributed by atoms with Gasteiger partial charge in [-0.05, 0) is 18.8 Å². The molecule has 1 aliphatic heterocycles. The van der Waals surface area contributed by atoms with Crippen LogP contribution in [0.4, 0.5) is 0 Å². The zero-order chi connectivity index (χ0) is 16.5. The Morgan fingerprint density at radius 2 is 1.73 bits per heavy atom. The highest BCUT2D eigenvalue weighted by atomic mass is 32.2. The van der Waals surface area contributed by atoms with Crippen molar-refractivity contribution >= 4 is 21.9 Å². The maximum atomic E-state index is 12.2. The minimum Gasteiger partial charge on any atom is -0.480 e. The van der Waals surface area contributed by atoms with Gasteiger partial charge in [-0.3, -0.25) is 9.59 Å². The Kier molecular flexibility index (Phi) is 5.11. The lowest BCUT2D eigenvalue weighted by atomic mass is 10.0. The molecule has 1 heterocycles. The Morgan fingerprint density at radius 3 is 2.18 bits per heavy atom. The summed E-state index contributed by atoms with van der Waals surface area (Å²) in [6, 6.07) is -1.13. The van der Waals surface area contributed by atoms with Crippen molar-refractivity contribution in [1.29, 1.82) is 0 Å². The van der Waals surface area contributed by atoms with Gasteiger partial charge in [0.25, 0.3) is 0 Å². The molecular weight excluding hydrogens is 308 g/mol. The second-order valence-corrected chi connectivity index (χ2v) is 8.56. The number of hydrogen-bond acceptors (Lipinski definition) is 4. The summed E-state index contributed by atoms with van der Waals surface area (Å²) in [5.41, 5.74) is 0. The van der Waals surface area contributed by atoms with Gasteiger partial charge in [-0.1, -0.05) is 26.7 Å². The van der Waals surface area contributed by atoms with Crippen molar-refractivity contribution in [2.24, 2.45) is 11.8 Å². The van der Waals surface area contributed by atoms with E-state index in [0.29, 0.717) is 0 Å². The van der Waals surface area contributed by atoms with Crippen LogP contribution in [0.3, 0.4) is 0 Å². The van der Waals surface area contributed by atoms with E-state index in [9.17, 15) is 18.0 Å². The Bertz CT molecular complexity index is 533. The molecule has 7 nitrogen and oxygen atoms in total. The summed E-state index contributed by atoms with van der Waals surface area (Å²) in [7, 11) is -3.73. The molecule has 0 radical (unpaired) electrons. The maximum absolute atomic E-state index is 12.2. The van der Waals surface area contributed by atoms with Crippen LogP contribution in [-0.4, -0.2) is 54.7 Å². The fourth-order valence-electron chi connectivity index (χ4n) is 2.99. The summed E-state index contributed by atoms with van der Waals surface area (Å²) >= 11 is 0. The summed E-state index contributed by atoms with van der Waals surface area (Å²) in [6.07, 6.45) is 3.89. The predicted molar refractivity (Wildman–Crippen MR) is 80.6 cm³/mol. The van der Waals surface area contributed by atoms with Crippen molar-refractivity contribution in [2.45, 2.75) is 50.8 Å². The van der Waals surface area contributed by atoms with E-state index in [4.69, 9.17) is 5.11 Å². The average Bonchev–Trinajstić information content (AvgIpc) is 2.86. The first kappa shape index (κ1) is 17.2. The molecule has 2 N–H and O–H groups in total.